The summed E-state index contributed by atoms with van der Waals surface area (Å²) < 4.78 is 5.49. The first-order valence-corrected chi connectivity index (χ1v) is 9.39. The molecule has 1 N–H and O–H groups in total. The minimum absolute atomic E-state index is 0. The Morgan fingerprint density at radius 3 is 3.00 bits per heavy atom. The van der Waals surface area contributed by atoms with Crippen LogP contribution in [0.1, 0.15) is 31.7 Å². The molecule has 0 bridgehead atoms. The fraction of sp³-hybridized carbons (Fsp3) is 0.389. The second-order valence-corrected chi connectivity index (χ2v) is 7.65. The first kappa shape index (κ1) is 18.7. The maximum Gasteiger partial charge on any atom is 0.264 e. The van der Waals surface area contributed by atoms with Crippen LogP contribution in [-0.4, -0.2) is 37.0 Å². The number of piperazine rings is 1. The Bertz CT molecular complexity index is 742. The van der Waals surface area contributed by atoms with Crippen LogP contribution in [0.5, 0.6) is 0 Å². The third kappa shape index (κ3) is 3.71. The van der Waals surface area contributed by atoms with Gasteiger partial charge >= 0.3 is 0 Å². The number of rotatable bonds is 2. The smallest absolute Gasteiger partial charge is 0.264 e. The molecule has 4 nitrogen and oxygen atoms in total. The molecule has 2 aromatic rings. The fourth-order valence-electron chi connectivity index (χ4n) is 3.36. The van der Waals surface area contributed by atoms with Crippen molar-refractivity contribution in [1.82, 2.24) is 10.2 Å². The molecule has 1 aromatic heterocycles. The van der Waals surface area contributed by atoms with Crippen LogP contribution in [0, 0.1) is 0 Å². The molecule has 25 heavy (non-hydrogen) atoms. The second-order valence-electron chi connectivity index (χ2n) is 6.10. The van der Waals surface area contributed by atoms with Crippen LogP contribution in [0.15, 0.2) is 30.3 Å². The third-order valence-corrected chi connectivity index (χ3v) is 6.18. The van der Waals surface area contributed by atoms with E-state index >= 15 is 0 Å². The normalized spacial score (nSPS) is 19.9. The number of benzene rings is 1. The van der Waals surface area contributed by atoms with Gasteiger partial charge in [0.1, 0.15) is 0 Å². The third-order valence-electron chi connectivity index (χ3n) is 4.61. The van der Waals surface area contributed by atoms with Crippen LogP contribution in [-0.2, 0) is 17.8 Å². The van der Waals surface area contributed by atoms with Crippen LogP contribution < -0.4 is 5.32 Å². The molecular formula is C18H20Cl2N2O2S. The lowest BCUT2D eigenvalue weighted by molar-refractivity contribution is 0.0639. The van der Waals surface area contributed by atoms with E-state index in [1.54, 1.807) is 11.3 Å². The van der Waals surface area contributed by atoms with Crippen molar-refractivity contribution in [3.63, 3.8) is 0 Å². The number of ether oxygens (including phenoxy) is 1. The van der Waals surface area contributed by atoms with E-state index in [-0.39, 0.29) is 24.4 Å². The lowest BCUT2D eigenvalue weighted by atomic mass is 10.0. The number of carbonyl (C=O) groups is 1. The summed E-state index contributed by atoms with van der Waals surface area (Å²) in [6.07, 6.45) is 0.906. The quantitative estimate of drug-likeness (QED) is 0.838. The largest absolute Gasteiger partial charge is 0.376 e. The average Bonchev–Trinajstić information content (AvgIpc) is 3.06. The number of fused-ring (bicyclic) bond motifs is 1. The van der Waals surface area contributed by atoms with Gasteiger partial charge in [-0.1, -0.05) is 29.8 Å². The Balaban J connectivity index is 0.00000182. The van der Waals surface area contributed by atoms with Gasteiger partial charge in [0, 0.05) is 36.0 Å². The van der Waals surface area contributed by atoms with Crippen molar-refractivity contribution < 1.29 is 9.53 Å². The number of carbonyl (C=O) groups excluding carboxylic acids is 1. The SMILES string of the molecule is Cl.O=C(c1cc2c(s1)CCOC2)N1CCNCC1c1ccccc1Cl. The fourth-order valence-corrected chi connectivity index (χ4v) is 4.73. The molecule has 1 saturated heterocycles. The van der Waals surface area contributed by atoms with E-state index in [1.165, 1.54) is 10.4 Å². The van der Waals surface area contributed by atoms with Crippen molar-refractivity contribution in [2.75, 3.05) is 26.2 Å². The highest BCUT2D eigenvalue weighted by Crippen LogP contribution is 2.33. The minimum atomic E-state index is -0.0321. The summed E-state index contributed by atoms with van der Waals surface area (Å²) in [5, 5.41) is 4.09. The van der Waals surface area contributed by atoms with Crippen molar-refractivity contribution in [3.05, 3.63) is 56.2 Å². The molecule has 2 aliphatic heterocycles. The minimum Gasteiger partial charge on any atom is -0.376 e. The van der Waals surface area contributed by atoms with E-state index < -0.39 is 0 Å². The monoisotopic (exact) mass is 398 g/mol. The van der Waals surface area contributed by atoms with E-state index in [0.29, 0.717) is 18.2 Å². The van der Waals surface area contributed by atoms with Crippen molar-refractivity contribution in [2.45, 2.75) is 19.1 Å². The average molecular weight is 399 g/mol. The highest BCUT2D eigenvalue weighted by atomic mass is 35.5. The maximum absolute atomic E-state index is 13.1. The van der Waals surface area contributed by atoms with Gasteiger partial charge in [-0.3, -0.25) is 4.79 Å². The Labute approximate surface area is 162 Å². The van der Waals surface area contributed by atoms with Crippen molar-refractivity contribution in [3.8, 4) is 0 Å². The van der Waals surface area contributed by atoms with Crippen molar-refractivity contribution >= 4 is 41.3 Å². The summed E-state index contributed by atoms with van der Waals surface area (Å²) >= 11 is 7.99. The predicted octanol–water partition coefficient (Wildman–Crippen LogP) is 3.68. The highest BCUT2D eigenvalue weighted by Gasteiger charge is 2.31. The van der Waals surface area contributed by atoms with E-state index in [1.807, 2.05) is 35.2 Å². The summed E-state index contributed by atoms with van der Waals surface area (Å²) in [6.45, 7) is 3.59. The summed E-state index contributed by atoms with van der Waals surface area (Å²) in [5.41, 5.74) is 2.17. The number of hydrogen-bond donors (Lipinski definition) is 1. The van der Waals surface area contributed by atoms with Crippen LogP contribution in [0.25, 0.3) is 0 Å². The van der Waals surface area contributed by atoms with Gasteiger partial charge in [-0.25, -0.2) is 0 Å². The highest BCUT2D eigenvalue weighted by molar-refractivity contribution is 7.14. The zero-order chi connectivity index (χ0) is 16.5. The van der Waals surface area contributed by atoms with E-state index in [4.69, 9.17) is 16.3 Å². The van der Waals surface area contributed by atoms with Crippen LogP contribution in [0.4, 0.5) is 0 Å². The number of amides is 1. The first-order valence-electron chi connectivity index (χ1n) is 8.19. The van der Waals surface area contributed by atoms with Crippen LogP contribution in [0.3, 0.4) is 0 Å². The molecule has 7 heteroatoms. The second kappa shape index (κ2) is 8.06. The molecule has 0 saturated carbocycles. The van der Waals surface area contributed by atoms with Crippen LogP contribution in [0.2, 0.25) is 5.02 Å². The van der Waals surface area contributed by atoms with Gasteiger partial charge in [0.25, 0.3) is 5.91 Å². The molecule has 3 heterocycles. The molecule has 1 aromatic carbocycles. The molecule has 1 amide bonds. The molecular weight excluding hydrogens is 379 g/mol. The zero-order valence-corrected chi connectivity index (χ0v) is 16.1. The molecule has 1 atom stereocenters. The van der Waals surface area contributed by atoms with Gasteiger partial charge < -0.3 is 15.0 Å². The summed E-state index contributed by atoms with van der Waals surface area (Å²) in [5.74, 6) is 0.0980. The molecule has 1 unspecified atom stereocenters. The van der Waals surface area contributed by atoms with Gasteiger partial charge in [0.05, 0.1) is 24.1 Å². The van der Waals surface area contributed by atoms with Gasteiger partial charge in [-0.2, -0.15) is 0 Å². The Kier molecular flexibility index (Phi) is 6.02. The number of thiophene rings is 1. The molecule has 2 aliphatic rings. The van der Waals surface area contributed by atoms with E-state index in [0.717, 1.165) is 36.6 Å². The lowest BCUT2D eigenvalue weighted by Gasteiger charge is -2.36. The van der Waals surface area contributed by atoms with E-state index in [2.05, 4.69) is 5.32 Å². The van der Waals surface area contributed by atoms with Gasteiger partial charge in [0.15, 0.2) is 0 Å². The van der Waals surface area contributed by atoms with Gasteiger partial charge in [-0.15, -0.1) is 23.7 Å². The molecule has 134 valence electrons. The lowest BCUT2D eigenvalue weighted by Crippen LogP contribution is -2.48. The standard InChI is InChI=1S/C18H19ClN2O2S.ClH/c19-14-4-2-1-3-13(14)15-10-20-6-7-21(15)18(22)17-9-12-11-23-8-5-16(12)24-17;/h1-4,9,15,20H,5-8,10-11H2;1H. The molecule has 1 fully saturated rings. The topological polar surface area (TPSA) is 41.6 Å². The summed E-state index contributed by atoms with van der Waals surface area (Å²) in [4.78, 5) is 17.2. The Hall–Kier alpha value is -1.11. The number of hydrogen-bond acceptors (Lipinski definition) is 4. The Morgan fingerprint density at radius 1 is 1.36 bits per heavy atom. The molecule has 0 spiro atoms. The number of halogens is 2. The zero-order valence-electron chi connectivity index (χ0n) is 13.7. The van der Waals surface area contributed by atoms with Crippen molar-refractivity contribution in [2.24, 2.45) is 0 Å². The number of nitrogens with zero attached hydrogens (tertiary/aromatic N) is 1. The number of nitrogens with one attached hydrogen (secondary N) is 1. The van der Waals surface area contributed by atoms with E-state index in [9.17, 15) is 4.79 Å². The molecule has 0 aliphatic carbocycles. The predicted molar refractivity (Wildman–Crippen MR) is 103 cm³/mol. The molecule has 0 radical (unpaired) electrons. The summed E-state index contributed by atoms with van der Waals surface area (Å²) in [6, 6.07) is 9.76. The molecule has 4 rings (SSSR count). The maximum atomic E-state index is 13.1. The van der Waals surface area contributed by atoms with Gasteiger partial charge in [-0.05, 0) is 23.3 Å². The van der Waals surface area contributed by atoms with Crippen molar-refractivity contribution in [1.29, 1.82) is 0 Å². The Morgan fingerprint density at radius 2 is 2.20 bits per heavy atom. The van der Waals surface area contributed by atoms with Crippen LogP contribution >= 0.6 is 35.3 Å². The first-order chi connectivity index (χ1) is 11.7. The summed E-state index contributed by atoms with van der Waals surface area (Å²) in [7, 11) is 0. The van der Waals surface area contributed by atoms with Gasteiger partial charge in [0.2, 0.25) is 0 Å².